The van der Waals surface area contributed by atoms with Gasteiger partial charge in [-0.05, 0) is 26.0 Å². The first-order valence-corrected chi connectivity index (χ1v) is 5.65. The number of amides is 1. The van der Waals surface area contributed by atoms with E-state index in [-0.39, 0.29) is 24.6 Å². The van der Waals surface area contributed by atoms with Gasteiger partial charge in [0.05, 0.1) is 12.2 Å². The molecule has 0 bridgehead atoms. The molecule has 1 rings (SSSR count). The molecule has 0 aliphatic rings. The van der Waals surface area contributed by atoms with Crippen molar-refractivity contribution in [3.8, 4) is 0 Å². The smallest absolute Gasteiger partial charge is 0.325 e. The Bertz CT molecular complexity index is 420. The summed E-state index contributed by atoms with van der Waals surface area (Å²) in [6.45, 7) is 3.94. The van der Waals surface area contributed by atoms with E-state index in [4.69, 9.17) is 4.74 Å². The second-order valence-corrected chi connectivity index (χ2v) is 3.49. The number of hydrogen-bond acceptors (Lipinski definition) is 4. The van der Waals surface area contributed by atoms with Crippen molar-refractivity contribution in [2.45, 2.75) is 13.8 Å². The number of esters is 1. The SMILES string of the molecule is CCOC(=O)CN(CC)C(=O)c1ccc(F)nc1. The molecule has 0 saturated heterocycles. The van der Waals surface area contributed by atoms with E-state index in [1.165, 1.54) is 11.0 Å². The van der Waals surface area contributed by atoms with Crippen LogP contribution in [0.2, 0.25) is 0 Å². The number of nitrogens with zero attached hydrogens (tertiary/aromatic N) is 2. The molecule has 0 radical (unpaired) electrons. The summed E-state index contributed by atoms with van der Waals surface area (Å²) in [5.41, 5.74) is 0.238. The van der Waals surface area contributed by atoms with Crippen molar-refractivity contribution in [2.24, 2.45) is 0 Å². The van der Waals surface area contributed by atoms with E-state index in [2.05, 4.69) is 4.98 Å². The molecule has 0 fully saturated rings. The van der Waals surface area contributed by atoms with Crippen LogP contribution in [0.5, 0.6) is 0 Å². The standard InChI is InChI=1S/C12H15FN2O3/c1-3-15(8-11(16)18-4-2)12(17)9-5-6-10(13)14-7-9/h5-7H,3-4,8H2,1-2H3. The van der Waals surface area contributed by atoms with Gasteiger partial charge in [-0.25, -0.2) is 4.98 Å². The highest BCUT2D eigenvalue weighted by atomic mass is 19.1. The summed E-state index contributed by atoms with van der Waals surface area (Å²) >= 11 is 0. The minimum Gasteiger partial charge on any atom is -0.465 e. The highest BCUT2D eigenvalue weighted by molar-refractivity contribution is 5.95. The Morgan fingerprint density at radius 1 is 1.39 bits per heavy atom. The van der Waals surface area contributed by atoms with Gasteiger partial charge in [0.25, 0.3) is 5.91 Å². The maximum atomic E-state index is 12.6. The lowest BCUT2D eigenvalue weighted by Gasteiger charge is -2.19. The Hall–Kier alpha value is -1.98. The molecule has 6 heteroatoms. The third-order valence-electron chi connectivity index (χ3n) is 2.27. The lowest BCUT2D eigenvalue weighted by atomic mass is 10.2. The van der Waals surface area contributed by atoms with Crippen molar-refractivity contribution in [1.82, 2.24) is 9.88 Å². The summed E-state index contributed by atoms with van der Waals surface area (Å²) in [7, 11) is 0. The van der Waals surface area contributed by atoms with Gasteiger partial charge >= 0.3 is 5.97 Å². The molecule has 1 aromatic rings. The summed E-state index contributed by atoms with van der Waals surface area (Å²) in [6, 6.07) is 2.43. The average Bonchev–Trinajstić information content (AvgIpc) is 2.36. The Morgan fingerprint density at radius 3 is 2.61 bits per heavy atom. The molecule has 0 spiro atoms. The van der Waals surface area contributed by atoms with E-state index in [0.717, 1.165) is 12.3 Å². The van der Waals surface area contributed by atoms with Crippen LogP contribution in [-0.4, -0.2) is 41.5 Å². The van der Waals surface area contributed by atoms with Gasteiger partial charge in [-0.2, -0.15) is 4.39 Å². The van der Waals surface area contributed by atoms with Crippen molar-refractivity contribution >= 4 is 11.9 Å². The van der Waals surface area contributed by atoms with Gasteiger partial charge < -0.3 is 9.64 Å². The van der Waals surface area contributed by atoms with E-state index in [0.29, 0.717) is 6.54 Å². The van der Waals surface area contributed by atoms with Crippen LogP contribution < -0.4 is 0 Å². The molecule has 0 N–H and O–H groups in total. The zero-order valence-electron chi connectivity index (χ0n) is 10.4. The number of likely N-dealkylation sites (N-methyl/N-ethyl adjacent to an activating group) is 1. The lowest BCUT2D eigenvalue weighted by molar-refractivity contribution is -0.143. The van der Waals surface area contributed by atoms with E-state index in [1.54, 1.807) is 13.8 Å². The molecule has 5 nitrogen and oxygen atoms in total. The highest BCUT2D eigenvalue weighted by Gasteiger charge is 2.18. The summed E-state index contributed by atoms with van der Waals surface area (Å²) in [5, 5.41) is 0. The molecule has 0 saturated carbocycles. The molecule has 0 aromatic carbocycles. The molecule has 1 aromatic heterocycles. The van der Waals surface area contributed by atoms with Crippen molar-refractivity contribution < 1.29 is 18.7 Å². The first-order chi connectivity index (χ1) is 8.58. The second-order valence-electron chi connectivity index (χ2n) is 3.49. The van der Waals surface area contributed by atoms with E-state index in [1.807, 2.05) is 0 Å². The fraction of sp³-hybridized carbons (Fsp3) is 0.417. The molecule has 18 heavy (non-hydrogen) atoms. The number of pyridine rings is 1. The van der Waals surface area contributed by atoms with Crippen molar-refractivity contribution in [3.63, 3.8) is 0 Å². The largest absolute Gasteiger partial charge is 0.465 e. The molecular weight excluding hydrogens is 239 g/mol. The summed E-state index contributed by atoms with van der Waals surface area (Å²) < 4.78 is 17.4. The van der Waals surface area contributed by atoms with Crippen LogP contribution in [-0.2, 0) is 9.53 Å². The minimum atomic E-state index is -0.653. The summed E-state index contributed by atoms with van der Waals surface area (Å²) in [6.07, 6.45) is 1.14. The van der Waals surface area contributed by atoms with Gasteiger partial charge in [-0.3, -0.25) is 9.59 Å². The lowest BCUT2D eigenvalue weighted by Crippen LogP contribution is -2.36. The third-order valence-corrected chi connectivity index (χ3v) is 2.27. The van der Waals surface area contributed by atoms with E-state index < -0.39 is 11.9 Å². The van der Waals surface area contributed by atoms with Crippen molar-refractivity contribution in [3.05, 3.63) is 29.8 Å². The Kier molecular flexibility index (Phi) is 5.23. The molecule has 0 atom stereocenters. The Morgan fingerprint density at radius 2 is 2.11 bits per heavy atom. The van der Waals surface area contributed by atoms with Gasteiger partial charge in [-0.1, -0.05) is 0 Å². The predicted octanol–water partition coefficient (Wildman–Crippen LogP) is 1.25. The van der Waals surface area contributed by atoms with Crippen molar-refractivity contribution in [2.75, 3.05) is 19.7 Å². The van der Waals surface area contributed by atoms with Crippen LogP contribution >= 0.6 is 0 Å². The monoisotopic (exact) mass is 254 g/mol. The minimum absolute atomic E-state index is 0.124. The van der Waals surface area contributed by atoms with Gasteiger partial charge in [0.1, 0.15) is 6.54 Å². The third kappa shape index (κ3) is 3.80. The van der Waals surface area contributed by atoms with Gasteiger partial charge in [0.15, 0.2) is 0 Å². The predicted molar refractivity (Wildman–Crippen MR) is 62.4 cm³/mol. The van der Waals surface area contributed by atoms with Crippen LogP contribution in [0.15, 0.2) is 18.3 Å². The van der Waals surface area contributed by atoms with Gasteiger partial charge in [0.2, 0.25) is 5.95 Å². The number of carbonyl (C=O) groups is 2. The molecule has 0 unspecified atom stereocenters. The summed E-state index contributed by atoms with van der Waals surface area (Å²) in [4.78, 5) is 28.0. The molecular formula is C12H15FN2O3. The molecule has 0 aliphatic heterocycles. The first-order valence-electron chi connectivity index (χ1n) is 5.65. The van der Waals surface area contributed by atoms with Gasteiger partial charge in [0, 0.05) is 12.7 Å². The number of rotatable bonds is 5. The number of halogens is 1. The average molecular weight is 254 g/mol. The van der Waals surface area contributed by atoms with E-state index in [9.17, 15) is 14.0 Å². The van der Waals surface area contributed by atoms with Crippen LogP contribution in [0.3, 0.4) is 0 Å². The maximum Gasteiger partial charge on any atom is 0.325 e. The fourth-order valence-corrected chi connectivity index (χ4v) is 1.37. The number of aromatic nitrogens is 1. The maximum absolute atomic E-state index is 12.6. The highest BCUT2D eigenvalue weighted by Crippen LogP contribution is 2.04. The number of carbonyl (C=O) groups excluding carboxylic acids is 2. The molecule has 1 heterocycles. The zero-order valence-corrected chi connectivity index (χ0v) is 10.4. The van der Waals surface area contributed by atoms with Crippen LogP contribution in [0, 0.1) is 5.95 Å². The topological polar surface area (TPSA) is 59.5 Å². The van der Waals surface area contributed by atoms with Gasteiger partial charge in [-0.15, -0.1) is 0 Å². The quantitative estimate of drug-likeness (QED) is 0.586. The first kappa shape index (κ1) is 14.1. The molecule has 1 amide bonds. The fourth-order valence-electron chi connectivity index (χ4n) is 1.37. The number of ether oxygens (including phenoxy) is 1. The molecule has 0 aliphatic carbocycles. The zero-order chi connectivity index (χ0) is 13.5. The Balaban J connectivity index is 2.73. The summed E-state index contributed by atoms with van der Waals surface area (Å²) in [5.74, 6) is -1.50. The molecule has 98 valence electrons. The van der Waals surface area contributed by atoms with Crippen molar-refractivity contribution in [1.29, 1.82) is 0 Å². The normalized spacial score (nSPS) is 9.94. The van der Waals surface area contributed by atoms with Crippen LogP contribution in [0.25, 0.3) is 0 Å². The second kappa shape index (κ2) is 6.68. The van der Waals surface area contributed by atoms with E-state index >= 15 is 0 Å². The number of hydrogen-bond donors (Lipinski definition) is 0. The van der Waals surface area contributed by atoms with Crippen LogP contribution in [0.1, 0.15) is 24.2 Å². The van der Waals surface area contributed by atoms with Crippen LogP contribution in [0.4, 0.5) is 4.39 Å². The Labute approximate surface area is 105 Å².